The maximum Gasteiger partial charge on any atom is 0.314 e. The summed E-state index contributed by atoms with van der Waals surface area (Å²) in [6.45, 7) is 5.91. The number of carbonyl (C=O) groups excluding carboxylic acids is 1. The molecule has 0 aromatic rings. The van der Waals surface area contributed by atoms with Crippen LogP contribution in [0.3, 0.4) is 0 Å². The van der Waals surface area contributed by atoms with Gasteiger partial charge in [0, 0.05) is 32.7 Å². The number of rotatable bonds is 6. The van der Waals surface area contributed by atoms with E-state index in [1.165, 1.54) is 24.8 Å². The van der Waals surface area contributed by atoms with Crippen LogP contribution in [-0.4, -0.2) is 56.9 Å². The smallest absolute Gasteiger partial charge is 0.314 e. The van der Waals surface area contributed by atoms with E-state index < -0.39 is 0 Å². The maximum atomic E-state index is 11.6. The van der Waals surface area contributed by atoms with Gasteiger partial charge >= 0.3 is 6.03 Å². The van der Waals surface area contributed by atoms with Crippen LogP contribution in [0.15, 0.2) is 11.6 Å². The topological polar surface area (TPSA) is 53.6 Å². The lowest BCUT2D eigenvalue weighted by Crippen LogP contribution is -2.43. The Morgan fingerprint density at radius 3 is 2.79 bits per heavy atom. The summed E-state index contributed by atoms with van der Waals surface area (Å²) in [4.78, 5) is 13.9. The largest absolute Gasteiger partial charge is 0.379 e. The Balaban J connectivity index is 1.47. The fraction of sp³-hybridized carbons (Fsp3) is 0.786. The molecule has 1 saturated heterocycles. The molecule has 0 bridgehead atoms. The molecular formula is C14H25N3O2. The third-order valence-electron chi connectivity index (χ3n) is 3.68. The first kappa shape index (κ1) is 14.3. The molecule has 0 aromatic carbocycles. The first-order chi connectivity index (χ1) is 9.34. The second-order valence-corrected chi connectivity index (χ2v) is 5.14. The van der Waals surface area contributed by atoms with Crippen LogP contribution in [-0.2, 0) is 4.74 Å². The van der Waals surface area contributed by atoms with Gasteiger partial charge < -0.3 is 15.4 Å². The Kier molecular flexibility index (Phi) is 6.17. The molecule has 2 amide bonds. The normalized spacial score (nSPS) is 20.1. The van der Waals surface area contributed by atoms with E-state index in [4.69, 9.17) is 4.74 Å². The molecule has 1 aliphatic carbocycles. The number of urea groups is 1. The molecule has 0 aromatic heterocycles. The number of ether oxygens (including phenoxy) is 1. The highest BCUT2D eigenvalue weighted by Gasteiger charge is 2.10. The SMILES string of the molecule is O=C(NCCC1=CCCC1)NCCN1CCOCC1. The van der Waals surface area contributed by atoms with Crippen molar-refractivity contribution in [3.63, 3.8) is 0 Å². The Hall–Kier alpha value is -1.07. The lowest BCUT2D eigenvalue weighted by Gasteiger charge is -2.26. The van der Waals surface area contributed by atoms with Crippen molar-refractivity contribution in [3.05, 3.63) is 11.6 Å². The van der Waals surface area contributed by atoms with Crippen LogP contribution in [0, 0.1) is 0 Å². The van der Waals surface area contributed by atoms with Gasteiger partial charge in [-0.1, -0.05) is 11.6 Å². The molecule has 0 saturated carbocycles. The average molecular weight is 267 g/mol. The van der Waals surface area contributed by atoms with E-state index in [0.29, 0.717) is 6.54 Å². The fourth-order valence-electron chi connectivity index (χ4n) is 2.52. The van der Waals surface area contributed by atoms with Crippen molar-refractivity contribution in [2.75, 3.05) is 45.9 Å². The highest BCUT2D eigenvalue weighted by Crippen LogP contribution is 2.19. The van der Waals surface area contributed by atoms with E-state index in [0.717, 1.165) is 45.8 Å². The third-order valence-corrected chi connectivity index (χ3v) is 3.68. The van der Waals surface area contributed by atoms with Gasteiger partial charge in [0.15, 0.2) is 0 Å². The molecule has 1 heterocycles. The summed E-state index contributed by atoms with van der Waals surface area (Å²) in [5.41, 5.74) is 1.49. The van der Waals surface area contributed by atoms with Gasteiger partial charge in [-0.2, -0.15) is 0 Å². The molecule has 0 atom stereocenters. The van der Waals surface area contributed by atoms with E-state index in [1.807, 2.05) is 0 Å². The molecule has 5 nitrogen and oxygen atoms in total. The number of nitrogens with one attached hydrogen (secondary N) is 2. The van der Waals surface area contributed by atoms with Gasteiger partial charge in [-0.25, -0.2) is 4.79 Å². The van der Waals surface area contributed by atoms with Crippen LogP contribution in [0.1, 0.15) is 25.7 Å². The fourth-order valence-corrected chi connectivity index (χ4v) is 2.52. The van der Waals surface area contributed by atoms with Gasteiger partial charge in [-0.05, 0) is 25.7 Å². The molecular weight excluding hydrogens is 242 g/mol. The van der Waals surface area contributed by atoms with Gasteiger partial charge in [-0.15, -0.1) is 0 Å². The minimum absolute atomic E-state index is 0.0492. The number of hydrogen-bond acceptors (Lipinski definition) is 3. The Bertz CT molecular complexity index is 312. The molecule has 19 heavy (non-hydrogen) atoms. The summed E-state index contributed by atoms with van der Waals surface area (Å²) < 4.78 is 5.28. The summed E-state index contributed by atoms with van der Waals surface area (Å²) in [6.07, 6.45) is 7.00. The molecule has 5 heteroatoms. The third kappa shape index (κ3) is 5.61. The second kappa shape index (κ2) is 8.17. The van der Waals surface area contributed by atoms with Gasteiger partial charge in [0.25, 0.3) is 0 Å². The molecule has 0 radical (unpaired) electrons. The first-order valence-corrected chi connectivity index (χ1v) is 7.34. The minimum Gasteiger partial charge on any atom is -0.379 e. The standard InChI is InChI=1S/C14H25N3O2/c18-14(15-6-5-13-3-1-2-4-13)16-7-8-17-9-11-19-12-10-17/h3H,1-2,4-12H2,(H2,15,16,18). The highest BCUT2D eigenvalue weighted by atomic mass is 16.5. The van der Waals surface area contributed by atoms with Crippen molar-refractivity contribution in [3.8, 4) is 0 Å². The molecule has 2 aliphatic rings. The highest BCUT2D eigenvalue weighted by molar-refractivity contribution is 5.73. The number of nitrogens with zero attached hydrogens (tertiary/aromatic N) is 1. The van der Waals surface area contributed by atoms with Gasteiger partial charge in [0.2, 0.25) is 0 Å². The summed E-state index contributed by atoms with van der Waals surface area (Å²) in [7, 11) is 0. The number of amides is 2. The van der Waals surface area contributed by atoms with Crippen molar-refractivity contribution in [2.24, 2.45) is 0 Å². The second-order valence-electron chi connectivity index (χ2n) is 5.14. The summed E-state index contributed by atoms with van der Waals surface area (Å²) in [6, 6.07) is -0.0492. The average Bonchev–Trinajstić information content (AvgIpc) is 2.93. The van der Waals surface area contributed by atoms with Crippen molar-refractivity contribution < 1.29 is 9.53 Å². The van der Waals surface area contributed by atoms with Crippen LogP contribution in [0.25, 0.3) is 0 Å². The quantitative estimate of drug-likeness (QED) is 0.709. The van der Waals surface area contributed by atoms with Crippen LogP contribution < -0.4 is 10.6 Å². The van der Waals surface area contributed by atoms with Crippen molar-refractivity contribution >= 4 is 6.03 Å². The molecule has 1 aliphatic heterocycles. The van der Waals surface area contributed by atoms with E-state index in [9.17, 15) is 4.79 Å². The zero-order valence-corrected chi connectivity index (χ0v) is 11.6. The number of hydrogen-bond donors (Lipinski definition) is 2. The first-order valence-electron chi connectivity index (χ1n) is 7.34. The molecule has 0 spiro atoms. The number of carbonyl (C=O) groups is 1. The molecule has 2 rings (SSSR count). The minimum atomic E-state index is -0.0492. The predicted molar refractivity (Wildman–Crippen MR) is 75.2 cm³/mol. The van der Waals surface area contributed by atoms with E-state index in [2.05, 4.69) is 21.6 Å². The predicted octanol–water partition coefficient (Wildman–Crippen LogP) is 1.12. The summed E-state index contributed by atoms with van der Waals surface area (Å²) in [5.74, 6) is 0. The number of morpholine rings is 1. The Labute approximate surface area is 115 Å². The monoisotopic (exact) mass is 267 g/mol. The van der Waals surface area contributed by atoms with Gasteiger partial charge in [-0.3, -0.25) is 4.90 Å². The maximum absolute atomic E-state index is 11.6. The van der Waals surface area contributed by atoms with Gasteiger partial charge in [0.1, 0.15) is 0 Å². The number of allylic oxidation sites excluding steroid dienone is 1. The Morgan fingerprint density at radius 1 is 1.26 bits per heavy atom. The van der Waals surface area contributed by atoms with E-state index in [-0.39, 0.29) is 6.03 Å². The van der Waals surface area contributed by atoms with Crippen LogP contribution in [0.5, 0.6) is 0 Å². The van der Waals surface area contributed by atoms with Crippen molar-refractivity contribution in [1.29, 1.82) is 0 Å². The Morgan fingerprint density at radius 2 is 2.05 bits per heavy atom. The zero-order valence-electron chi connectivity index (χ0n) is 11.6. The molecule has 1 fully saturated rings. The summed E-state index contributed by atoms with van der Waals surface area (Å²) >= 11 is 0. The van der Waals surface area contributed by atoms with Gasteiger partial charge in [0.05, 0.1) is 13.2 Å². The van der Waals surface area contributed by atoms with Crippen molar-refractivity contribution in [1.82, 2.24) is 15.5 Å². The lowest BCUT2D eigenvalue weighted by atomic mass is 10.2. The van der Waals surface area contributed by atoms with Crippen LogP contribution >= 0.6 is 0 Å². The van der Waals surface area contributed by atoms with E-state index >= 15 is 0 Å². The van der Waals surface area contributed by atoms with Crippen LogP contribution in [0.4, 0.5) is 4.79 Å². The van der Waals surface area contributed by atoms with Crippen molar-refractivity contribution in [2.45, 2.75) is 25.7 Å². The molecule has 0 unspecified atom stereocenters. The molecule has 2 N–H and O–H groups in total. The zero-order chi connectivity index (χ0) is 13.3. The summed E-state index contributed by atoms with van der Waals surface area (Å²) in [5, 5.41) is 5.82. The van der Waals surface area contributed by atoms with Crippen LogP contribution in [0.2, 0.25) is 0 Å². The molecule has 108 valence electrons. The van der Waals surface area contributed by atoms with E-state index in [1.54, 1.807) is 0 Å². The lowest BCUT2D eigenvalue weighted by molar-refractivity contribution is 0.0387.